The Kier molecular flexibility index (Phi) is 3.78. The maximum absolute atomic E-state index is 12.4. The van der Waals surface area contributed by atoms with E-state index >= 15 is 0 Å². The summed E-state index contributed by atoms with van der Waals surface area (Å²) in [5.74, 6) is 0.683. The Balaban J connectivity index is 2.50. The molecule has 106 valence electrons. The maximum atomic E-state index is 12.4. The molecule has 0 aliphatic rings. The molecule has 0 bridgehead atoms. The van der Waals surface area contributed by atoms with Gasteiger partial charge in [0.25, 0.3) is 0 Å². The first-order valence-electron chi connectivity index (χ1n) is 5.77. The number of alkyl halides is 3. The van der Waals surface area contributed by atoms with Crippen molar-refractivity contribution in [2.75, 3.05) is 12.4 Å². The minimum Gasteiger partial charge on any atom is -0.405 e. The minimum absolute atomic E-state index is 0.256. The smallest absolute Gasteiger partial charge is 0.405 e. The standard InChI is InChI=1S/C13H12F3N3O/c1-8-18-10(7-12(17-2)19-8)9-5-3-4-6-11(9)20-13(14,15)16/h3-7H,1-2H3,(H,17,18,19). The van der Waals surface area contributed by atoms with E-state index < -0.39 is 6.36 Å². The number of aromatic nitrogens is 2. The van der Waals surface area contributed by atoms with Crippen LogP contribution in [0.3, 0.4) is 0 Å². The minimum atomic E-state index is -4.75. The van der Waals surface area contributed by atoms with Crippen LogP contribution in [0.5, 0.6) is 5.75 Å². The molecule has 0 aliphatic heterocycles. The van der Waals surface area contributed by atoms with Gasteiger partial charge in [0.15, 0.2) is 0 Å². The molecule has 0 saturated carbocycles. The van der Waals surface area contributed by atoms with Gasteiger partial charge >= 0.3 is 6.36 Å². The van der Waals surface area contributed by atoms with Crippen LogP contribution < -0.4 is 10.1 Å². The Labute approximate surface area is 113 Å². The van der Waals surface area contributed by atoms with Crippen LogP contribution in [0.1, 0.15) is 5.82 Å². The lowest BCUT2D eigenvalue weighted by Gasteiger charge is -2.13. The fourth-order valence-corrected chi connectivity index (χ4v) is 1.73. The molecule has 1 heterocycles. The van der Waals surface area contributed by atoms with E-state index in [1.54, 1.807) is 26.1 Å². The Morgan fingerprint density at radius 1 is 1.15 bits per heavy atom. The first-order chi connectivity index (χ1) is 9.39. The van der Waals surface area contributed by atoms with Crippen molar-refractivity contribution in [3.05, 3.63) is 36.2 Å². The average Bonchev–Trinajstić information content (AvgIpc) is 2.36. The highest BCUT2D eigenvalue weighted by molar-refractivity contribution is 5.69. The SMILES string of the molecule is CNc1cc(-c2ccccc2OC(F)(F)F)nc(C)n1. The first-order valence-corrected chi connectivity index (χ1v) is 5.77. The number of anilines is 1. The van der Waals surface area contributed by atoms with Gasteiger partial charge in [0.1, 0.15) is 17.4 Å². The van der Waals surface area contributed by atoms with E-state index in [0.717, 1.165) is 0 Å². The lowest BCUT2D eigenvalue weighted by Crippen LogP contribution is -2.17. The van der Waals surface area contributed by atoms with Crippen molar-refractivity contribution in [2.24, 2.45) is 0 Å². The van der Waals surface area contributed by atoms with Gasteiger partial charge in [0.05, 0.1) is 5.69 Å². The zero-order chi connectivity index (χ0) is 14.8. The number of nitrogens with one attached hydrogen (secondary N) is 1. The van der Waals surface area contributed by atoms with Crippen molar-refractivity contribution in [3.63, 3.8) is 0 Å². The van der Waals surface area contributed by atoms with Gasteiger partial charge < -0.3 is 10.1 Å². The van der Waals surface area contributed by atoms with Gasteiger partial charge in [0.2, 0.25) is 0 Å². The van der Waals surface area contributed by atoms with E-state index in [0.29, 0.717) is 17.3 Å². The highest BCUT2D eigenvalue weighted by atomic mass is 19.4. The third kappa shape index (κ3) is 3.37. The van der Waals surface area contributed by atoms with E-state index in [1.807, 2.05) is 0 Å². The van der Waals surface area contributed by atoms with E-state index in [4.69, 9.17) is 0 Å². The Bertz CT molecular complexity index is 614. The Hall–Kier alpha value is -2.31. The summed E-state index contributed by atoms with van der Waals surface area (Å²) in [7, 11) is 1.67. The van der Waals surface area contributed by atoms with Gasteiger partial charge in [-0.15, -0.1) is 13.2 Å². The predicted octanol–water partition coefficient (Wildman–Crippen LogP) is 3.39. The first kappa shape index (κ1) is 14.1. The second kappa shape index (κ2) is 5.36. The lowest BCUT2D eigenvalue weighted by atomic mass is 10.1. The van der Waals surface area contributed by atoms with Crippen molar-refractivity contribution >= 4 is 5.82 Å². The zero-order valence-electron chi connectivity index (χ0n) is 10.8. The summed E-state index contributed by atoms with van der Waals surface area (Å²) in [5, 5.41) is 2.83. The highest BCUT2D eigenvalue weighted by Crippen LogP contribution is 2.33. The molecule has 0 amide bonds. The van der Waals surface area contributed by atoms with Crippen LogP contribution >= 0.6 is 0 Å². The number of ether oxygens (including phenoxy) is 1. The quantitative estimate of drug-likeness (QED) is 0.938. The molecule has 2 aromatic rings. The van der Waals surface area contributed by atoms with Gasteiger partial charge in [-0.1, -0.05) is 12.1 Å². The topological polar surface area (TPSA) is 47.0 Å². The molecule has 0 saturated heterocycles. The zero-order valence-corrected chi connectivity index (χ0v) is 10.8. The molecular formula is C13H12F3N3O. The molecule has 0 radical (unpaired) electrons. The third-order valence-electron chi connectivity index (χ3n) is 2.48. The summed E-state index contributed by atoms with van der Waals surface area (Å²) in [6.07, 6.45) is -4.75. The molecule has 1 aromatic heterocycles. The lowest BCUT2D eigenvalue weighted by molar-refractivity contribution is -0.274. The molecule has 1 N–H and O–H groups in total. The Morgan fingerprint density at radius 2 is 1.85 bits per heavy atom. The number of hydrogen-bond acceptors (Lipinski definition) is 4. The van der Waals surface area contributed by atoms with Crippen LogP contribution in [0.15, 0.2) is 30.3 Å². The molecule has 1 aromatic carbocycles. The fraction of sp³-hybridized carbons (Fsp3) is 0.231. The van der Waals surface area contributed by atoms with Crippen LogP contribution in [0.25, 0.3) is 11.3 Å². The molecule has 2 rings (SSSR count). The summed E-state index contributed by atoms with van der Waals surface area (Å²) >= 11 is 0. The summed E-state index contributed by atoms with van der Waals surface area (Å²) in [6.45, 7) is 1.66. The van der Waals surface area contributed by atoms with E-state index in [2.05, 4.69) is 20.0 Å². The highest BCUT2D eigenvalue weighted by Gasteiger charge is 2.32. The molecule has 0 unspecified atom stereocenters. The number of rotatable bonds is 3. The molecule has 0 fully saturated rings. The van der Waals surface area contributed by atoms with Crippen LogP contribution in [0.2, 0.25) is 0 Å². The molecule has 0 aliphatic carbocycles. The summed E-state index contributed by atoms with van der Waals surface area (Å²) in [5.41, 5.74) is 0.619. The van der Waals surface area contributed by atoms with Gasteiger partial charge in [-0.3, -0.25) is 0 Å². The summed E-state index contributed by atoms with van der Waals surface area (Å²) in [4.78, 5) is 8.24. The average molecular weight is 283 g/mol. The number of aryl methyl sites for hydroxylation is 1. The second-order valence-corrected chi connectivity index (χ2v) is 3.98. The maximum Gasteiger partial charge on any atom is 0.573 e. The van der Waals surface area contributed by atoms with Crippen LogP contribution in [0, 0.1) is 6.92 Å². The molecule has 4 nitrogen and oxygen atoms in total. The Morgan fingerprint density at radius 3 is 2.50 bits per heavy atom. The predicted molar refractivity (Wildman–Crippen MR) is 68.4 cm³/mol. The van der Waals surface area contributed by atoms with Gasteiger partial charge in [-0.2, -0.15) is 0 Å². The number of nitrogens with zero attached hydrogens (tertiary/aromatic N) is 2. The van der Waals surface area contributed by atoms with Crippen molar-refractivity contribution in [1.29, 1.82) is 0 Å². The van der Waals surface area contributed by atoms with Crippen LogP contribution in [-0.2, 0) is 0 Å². The number of halogens is 3. The van der Waals surface area contributed by atoms with Gasteiger partial charge in [-0.05, 0) is 19.1 Å². The third-order valence-corrected chi connectivity index (χ3v) is 2.48. The summed E-state index contributed by atoms with van der Waals surface area (Å²) in [6, 6.07) is 7.42. The summed E-state index contributed by atoms with van der Waals surface area (Å²) < 4.78 is 41.2. The number of hydrogen-bond donors (Lipinski definition) is 1. The van der Waals surface area contributed by atoms with Crippen LogP contribution in [-0.4, -0.2) is 23.4 Å². The second-order valence-electron chi connectivity index (χ2n) is 3.98. The van der Waals surface area contributed by atoms with Crippen molar-refractivity contribution in [1.82, 2.24) is 9.97 Å². The van der Waals surface area contributed by atoms with E-state index in [-0.39, 0.29) is 11.3 Å². The van der Waals surface area contributed by atoms with E-state index in [1.165, 1.54) is 18.2 Å². The molecule has 0 spiro atoms. The fourth-order valence-electron chi connectivity index (χ4n) is 1.73. The molecule has 20 heavy (non-hydrogen) atoms. The monoisotopic (exact) mass is 283 g/mol. The molecular weight excluding hydrogens is 271 g/mol. The van der Waals surface area contributed by atoms with Gasteiger partial charge in [0, 0.05) is 18.7 Å². The number of benzene rings is 1. The van der Waals surface area contributed by atoms with Crippen LogP contribution in [0.4, 0.5) is 19.0 Å². The van der Waals surface area contributed by atoms with Crippen molar-refractivity contribution in [3.8, 4) is 17.0 Å². The van der Waals surface area contributed by atoms with E-state index in [9.17, 15) is 13.2 Å². The van der Waals surface area contributed by atoms with Gasteiger partial charge in [-0.25, -0.2) is 9.97 Å². The van der Waals surface area contributed by atoms with Crippen molar-refractivity contribution < 1.29 is 17.9 Å². The molecule has 0 atom stereocenters. The normalized spacial score (nSPS) is 11.2. The number of para-hydroxylation sites is 1. The largest absolute Gasteiger partial charge is 0.573 e. The van der Waals surface area contributed by atoms with Crippen molar-refractivity contribution in [2.45, 2.75) is 13.3 Å². The molecule has 7 heteroatoms.